The zero-order valence-corrected chi connectivity index (χ0v) is 28.8. The maximum Gasteiger partial charge on any atom is 0.229 e. The van der Waals surface area contributed by atoms with Gasteiger partial charge in [0, 0.05) is 55.8 Å². The van der Waals surface area contributed by atoms with Crippen molar-refractivity contribution >= 4 is 17.6 Å². The number of carbonyl (C=O) groups is 3. The predicted octanol–water partition coefficient (Wildman–Crippen LogP) is 4.33. The Balaban J connectivity index is 0.921. The number of Topliss-reactive ketones (excluding diaryl/α,β-unsaturated/α-hetero) is 1. The molecule has 9 nitrogen and oxygen atoms in total. The molecule has 3 heterocycles. The van der Waals surface area contributed by atoms with Crippen LogP contribution in [0, 0.1) is 52.3 Å². The predicted molar refractivity (Wildman–Crippen MR) is 174 cm³/mol. The molecule has 4 saturated carbocycles. The third-order valence-electron chi connectivity index (χ3n) is 14.6. The molecule has 12 atom stereocenters. The average molecular weight is 642 g/mol. The molecule has 0 aromatic rings. The summed E-state index contributed by atoms with van der Waals surface area (Å²) >= 11 is 0. The van der Waals surface area contributed by atoms with E-state index in [4.69, 9.17) is 14.2 Å². The molecule has 7 fully saturated rings. The third-order valence-corrected chi connectivity index (χ3v) is 14.6. The monoisotopic (exact) mass is 641 g/mol. The Morgan fingerprint density at radius 1 is 0.978 bits per heavy atom. The molecule has 3 aliphatic heterocycles. The lowest BCUT2D eigenvalue weighted by Gasteiger charge is -2.60. The summed E-state index contributed by atoms with van der Waals surface area (Å²) in [4.78, 5) is 42.1. The first kappa shape index (κ1) is 33.0. The van der Waals surface area contributed by atoms with Gasteiger partial charge in [0.15, 0.2) is 5.79 Å². The first-order valence-corrected chi connectivity index (χ1v) is 18.7. The van der Waals surface area contributed by atoms with Crippen molar-refractivity contribution in [1.82, 2.24) is 15.5 Å². The largest absolute Gasteiger partial charge is 0.379 e. The van der Waals surface area contributed by atoms with Gasteiger partial charge in [-0.1, -0.05) is 27.7 Å². The lowest BCUT2D eigenvalue weighted by Crippen LogP contribution is -2.59. The number of hydrogen-bond donors (Lipinski definition) is 2. The molecular weight excluding hydrogens is 582 g/mol. The van der Waals surface area contributed by atoms with Gasteiger partial charge in [-0.15, -0.1) is 0 Å². The molecule has 0 radical (unpaired) electrons. The first-order chi connectivity index (χ1) is 22.0. The van der Waals surface area contributed by atoms with Crippen LogP contribution in [0.3, 0.4) is 0 Å². The number of ketones is 1. The lowest BCUT2D eigenvalue weighted by molar-refractivity contribution is -0.272. The molecule has 9 heteroatoms. The van der Waals surface area contributed by atoms with Gasteiger partial charge in [0.2, 0.25) is 11.8 Å². The molecule has 7 rings (SSSR count). The molecule has 2 amide bonds. The highest BCUT2D eigenvalue weighted by Crippen LogP contribution is 2.70. The number of fused-ring (bicyclic) bond motifs is 7. The summed E-state index contributed by atoms with van der Waals surface area (Å²) in [6.07, 6.45) is 9.88. The van der Waals surface area contributed by atoms with Crippen LogP contribution in [0.5, 0.6) is 0 Å². The first-order valence-electron chi connectivity index (χ1n) is 18.7. The highest BCUT2D eigenvalue weighted by molar-refractivity contribution is 5.97. The van der Waals surface area contributed by atoms with Crippen LogP contribution in [0.2, 0.25) is 0 Å². The summed E-state index contributed by atoms with van der Waals surface area (Å²) in [5.74, 6) is 2.52. The van der Waals surface area contributed by atoms with Gasteiger partial charge in [0.25, 0.3) is 0 Å². The van der Waals surface area contributed by atoms with Crippen LogP contribution in [-0.4, -0.2) is 86.4 Å². The molecule has 46 heavy (non-hydrogen) atoms. The molecule has 4 aliphatic carbocycles. The number of rotatable bonds is 7. The number of ether oxygens (including phenoxy) is 3. The van der Waals surface area contributed by atoms with Crippen molar-refractivity contribution in [2.75, 3.05) is 46.0 Å². The van der Waals surface area contributed by atoms with Crippen molar-refractivity contribution in [3.63, 3.8) is 0 Å². The van der Waals surface area contributed by atoms with Gasteiger partial charge in [0.1, 0.15) is 12.2 Å². The highest BCUT2D eigenvalue weighted by atomic mass is 16.7. The molecule has 0 aromatic heterocycles. The van der Waals surface area contributed by atoms with Crippen LogP contribution < -0.4 is 10.6 Å². The molecule has 258 valence electrons. The number of amides is 2. The molecular formula is C37H59N3O6. The van der Waals surface area contributed by atoms with Crippen LogP contribution in [0.1, 0.15) is 98.3 Å². The van der Waals surface area contributed by atoms with Crippen molar-refractivity contribution in [2.24, 2.45) is 52.3 Å². The molecule has 0 unspecified atom stereocenters. The highest BCUT2D eigenvalue weighted by Gasteiger charge is 2.71. The Morgan fingerprint density at radius 2 is 1.78 bits per heavy atom. The van der Waals surface area contributed by atoms with Gasteiger partial charge in [0.05, 0.1) is 25.9 Å². The van der Waals surface area contributed by atoms with E-state index in [1.807, 2.05) is 0 Å². The number of nitrogens with zero attached hydrogens (tertiary/aromatic N) is 1. The van der Waals surface area contributed by atoms with Crippen LogP contribution in [0.15, 0.2) is 0 Å². The van der Waals surface area contributed by atoms with Crippen LogP contribution in [0.4, 0.5) is 0 Å². The van der Waals surface area contributed by atoms with Crippen molar-refractivity contribution in [1.29, 1.82) is 0 Å². The molecule has 1 spiro atoms. The van der Waals surface area contributed by atoms with E-state index in [2.05, 4.69) is 43.2 Å². The summed E-state index contributed by atoms with van der Waals surface area (Å²) in [7, 11) is 0. The Labute approximate surface area is 276 Å². The van der Waals surface area contributed by atoms with E-state index in [1.54, 1.807) is 0 Å². The summed E-state index contributed by atoms with van der Waals surface area (Å²) in [5.41, 5.74) is -0.203. The maximum absolute atomic E-state index is 14.4. The van der Waals surface area contributed by atoms with E-state index >= 15 is 0 Å². The summed E-state index contributed by atoms with van der Waals surface area (Å²) in [5, 5.41) is 6.14. The Bertz CT molecular complexity index is 1170. The Hall–Kier alpha value is -1.55. The minimum atomic E-state index is -0.497. The summed E-state index contributed by atoms with van der Waals surface area (Å²) in [6, 6.07) is 0.107. The number of carbonyl (C=O) groups excluding carboxylic acids is 3. The number of morpholine rings is 1. The second kappa shape index (κ2) is 12.7. The number of hydrogen-bond acceptors (Lipinski definition) is 7. The standard InChI is InChI=1S/C37H59N3O6/c1-23-8-11-37(45-22-23)24(2)34-30(46-37)19-29-27-7-6-25-18-26(9-10-35(25,3)28(27)20-31(41)36(29,34)4)39-33(43)21-32(42)38-12-5-13-40-14-16-44-17-15-40/h23-30,34H,5-22H2,1-4H3,(H,38,42)(H,39,43)/t23-,24+,25+,26-,27-,28+,29+,30+,34+,35+,36-,37-/m1/s1. The van der Waals surface area contributed by atoms with Crippen molar-refractivity contribution in [3.8, 4) is 0 Å². The SMILES string of the molecule is C[C@@H]1CC[C@@]2(OC1)O[C@H]1C[C@H]3[C@@H]4CC[C@H]5C[C@H](NC(=O)CC(=O)NCCCN6CCOCC6)CC[C@]5(C)[C@H]4CC(=O)[C@]3(C)[C@H]1[C@@H]2C. The second-order valence-corrected chi connectivity index (χ2v) is 16.9. The Kier molecular flexibility index (Phi) is 9.12. The van der Waals surface area contributed by atoms with Gasteiger partial charge in [-0.3, -0.25) is 19.3 Å². The van der Waals surface area contributed by atoms with Gasteiger partial charge in [-0.25, -0.2) is 0 Å². The van der Waals surface area contributed by atoms with E-state index in [0.29, 0.717) is 48.3 Å². The smallest absolute Gasteiger partial charge is 0.229 e. The van der Waals surface area contributed by atoms with E-state index in [1.165, 1.54) is 6.42 Å². The minimum Gasteiger partial charge on any atom is -0.379 e. The maximum atomic E-state index is 14.4. The topological polar surface area (TPSA) is 106 Å². The molecule has 7 aliphatic rings. The minimum absolute atomic E-state index is 0.107. The van der Waals surface area contributed by atoms with Gasteiger partial charge in [-0.2, -0.15) is 0 Å². The summed E-state index contributed by atoms with van der Waals surface area (Å²) in [6.45, 7) is 15.0. The van der Waals surface area contributed by atoms with Crippen molar-refractivity contribution in [3.05, 3.63) is 0 Å². The van der Waals surface area contributed by atoms with Crippen molar-refractivity contribution in [2.45, 2.75) is 116 Å². The van der Waals surface area contributed by atoms with Crippen LogP contribution in [-0.2, 0) is 28.6 Å². The van der Waals surface area contributed by atoms with Gasteiger partial charge >= 0.3 is 0 Å². The van der Waals surface area contributed by atoms with Gasteiger partial charge < -0.3 is 24.8 Å². The molecule has 2 N–H and O–H groups in total. The molecule has 3 saturated heterocycles. The fraction of sp³-hybridized carbons (Fsp3) is 0.919. The lowest BCUT2D eigenvalue weighted by atomic mass is 9.44. The van der Waals surface area contributed by atoms with E-state index in [0.717, 1.165) is 90.8 Å². The fourth-order valence-electron chi connectivity index (χ4n) is 11.9. The van der Waals surface area contributed by atoms with Crippen molar-refractivity contribution < 1.29 is 28.6 Å². The molecule has 0 bridgehead atoms. The van der Waals surface area contributed by atoms with E-state index < -0.39 is 5.79 Å². The molecule has 0 aromatic carbocycles. The Morgan fingerprint density at radius 3 is 2.54 bits per heavy atom. The van der Waals surface area contributed by atoms with Gasteiger partial charge in [-0.05, 0) is 92.9 Å². The normalized spacial score (nSPS) is 47.0. The van der Waals surface area contributed by atoms with Crippen LogP contribution >= 0.6 is 0 Å². The van der Waals surface area contributed by atoms with Crippen LogP contribution in [0.25, 0.3) is 0 Å². The summed E-state index contributed by atoms with van der Waals surface area (Å²) < 4.78 is 18.7. The third kappa shape index (κ3) is 5.67. The van der Waals surface area contributed by atoms with E-state index in [9.17, 15) is 14.4 Å². The zero-order chi connectivity index (χ0) is 32.3. The zero-order valence-electron chi connectivity index (χ0n) is 28.8. The fourth-order valence-corrected chi connectivity index (χ4v) is 11.9. The quantitative estimate of drug-likeness (QED) is 0.315. The second-order valence-electron chi connectivity index (χ2n) is 16.9. The average Bonchev–Trinajstić information content (AvgIpc) is 3.48. The number of nitrogens with one attached hydrogen (secondary N) is 2. The van der Waals surface area contributed by atoms with E-state index in [-0.39, 0.29) is 53.0 Å².